The van der Waals surface area contributed by atoms with Gasteiger partial charge in [-0.25, -0.2) is 0 Å². The van der Waals surface area contributed by atoms with Gasteiger partial charge >= 0.3 is 5.97 Å². The summed E-state index contributed by atoms with van der Waals surface area (Å²) in [6, 6.07) is 0. The third-order valence-electron chi connectivity index (χ3n) is 12.0. The number of rotatable bonds is 1. The quantitative estimate of drug-likeness (QED) is 0.461. The van der Waals surface area contributed by atoms with Crippen LogP contribution in [-0.2, 0) is 4.79 Å². The van der Waals surface area contributed by atoms with E-state index >= 15 is 0 Å². The van der Waals surface area contributed by atoms with Gasteiger partial charge in [0.05, 0.1) is 11.2 Å². The number of carboxylic acids is 1. The second-order valence-corrected chi connectivity index (χ2v) is 13.1. The second kappa shape index (κ2) is 5.83. The first kappa shape index (κ1) is 20.8. The molecule has 4 fully saturated rings. The Labute approximate surface area is 192 Å². The molecule has 2 N–H and O–H groups in total. The maximum atomic E-state index is 12.3. The molecule has 0 spiro atoms. The lowest BCUT2D eigenvalue weighted by Crippen LogP contribution is -2.61. The molecule has 6 aliphatic carbocycles. The van der Waals surface area contributed by atoms with Gasteiger partial charge in [0.1, 0.15) is 0 Å². The largest absolute Gasteiger partial charge is 0.512 e. The highest BCUT2D eigenvalue weighted by Crippen LogP contribution is 2.79. The summed E-state index contributed by atoms with van der Waals surface area (Å²) in [7, 11) is 0. The Bertz CT molecular complexity index is 1070. The molecule has 6 aliphatic rings. The van der Waals surface area contributed by atoms with Gasteiger partial charge in [0, 0.05) is 11.8 Å². The Morgan fingerprint density at radius 2 is 1.75 bits per heavy atom. The zero-order chi connectivity index (χ0) is 22.9. The number of carboxylic acid groups (broad SMARTS) is 1. The average Bonchev–Trinajstić information content (AvgIpc) is 3.45. The molecule has 172 valence electrons. The van der Waals surface area contributed by atoms with Crippen molar-refractivity contribution in [3.8, 4) is 0 Å². The summed E-state index contributed by atoms with van der Waals surface area (Å²) in [4.78, 5) is 12.3. The Hall–Kier alpha value is -1.77. The van der Waals surface area contributed by atoms with Crippen LogP contribution >= 0.6 is 0 Å². The maximum Gasteiger partial charge on any atom is 0.309 e. The molecule has 0 radical (unpaired) electrons. The van der Waals surface area contributed by atoms with Crippen molar-refractivity contribution in [2.75, 3.05) is 0 Å². The van der Waals surface area contributed by atoms with Crippen molar-refractivity contribution in [2.24, 2.45) is 38.9 Å². The van der Waals surface area contributed by atoms with Crippen molar-refractivity contribution in [2.45, 2.75) is 86.0 Å². The van der Waals surface area contributed by atoms with Crippen molar-refractivity contribution < 1.29 is 15.0 Å². The summed E-state index contributed by atoms with van der Waals surface area (Å²) in [5, 5.41) is 20.5. The number of carbonyl (C=O) groups is 1. The molecule has 3 nitrogen and oxygen atoms in total. The lowest BCUT2D eigenvalue weighted by Gasteiger charge is -2.69. The van der Waals surface area contributed by atoms with E-state index in [0.717, 1.165) is 37.7 Å². The van der Waals surface area contributed by atoms with Crippen molar-refractivity contribution in [3.63, 3.8) is 0 Å². The lowest BCUT2D eigenvalue weighted by atomic mass is 9.35. The number of allylic oxidation sites excluding steroid dienone is 7. The Morgan fingerprint density at radius 3 is 2.47 bits per heavy atom. The number of aliphatic hydroxyl groups is 1. The monoisotopic (exact) mass is 434 g/mol. The van der Waals surface area contributed by atoms with Crippen LogP contribution in [0.1, 0.15) is 86.0 Å². The molecule has 0 aromatic heterocycles. The molecule has 1 unspecified atom stereocenters. The number of hydrogen-bond acceptors (Lipinski definition) is 2. The van der Waals surface area contributed by atoms with E-state index in [1.165, 1.54) is 24.0 Å². The molecule has 6 rings (SSSR count). The predicted molar refractivity (Wildman–Crippen MR) is 126 cm³/mol. The summed E-state index contributed by atoms with van der Waals surface area (Å²) in [6.45, 7) is 12.0. The van der Waals surface area contributed by atoms with E-state index in [-0.39, 0.29) is 21.7 Å². The minimum atomic E-state index is -0.542. The zero-order valence-electron chi connectivity index (χ0n) is 20.3. The predicted octanol–water partition coefficient (Wildman–Crippen LogP) is 7.13. The highest BCUT2D eigenvalue weighted by Gasteiger charge is 2.73. The van der Waals surface area contributed by atoms with Gasteiger partial charge in [-0.3, -0.25) is 4.79 Å². The standard InChI is InChI=1S/C29H38O3/c1-17-19-6-9-22-26(3,20(19)7-8-21(17)30)11-13-28(5)23-16-29(24(31)32)15-18(29)14-25(23,2)10-12-27(22,28)4/h6-7,9,18,23,30H,8,10-16H2,1-5H3,(H,31,32)/t18?,23-,25+,26+,27-,28+,29+/m1/s1. The fraction of sp³-hybridized carbons (Fsp3) is 0.690. The third kappa shape index (κ3) is 2.17. The first-order chi connectivity index (χ1) is 14.9. The Balaban J connectivity index is 1.47. The third-order valence-corrected chi connectivity index (χ3v) is 12.0. The van der Waals surface area contributed by atoms with Gasteiger partial charge in [0.2, 0.25) is 0 Å². The highest BCUT2D eigenvalue weighted by atomic mass is 16.4. The second-order valence-electron chi connectivity index (χ2n) is 13.1. The lowest BCUT2D eigenvalue weighted by molar-refractivity contribution is -0.167. The number of hydrogen-bond donors (Lipinski definition) is 2. The fourth-order valence-electron chi connectivity index (χ4n) is 9.56. The molecule has 0 saturated heterocycles. The van der Waals surface area contributed by atoms with Crippen LogP contribution in [0.25, 0.3) is 0 Å². The summed E-state index contributed by atoms with van der Waals surface area (Å²) in [5.74, 6) is 0.823. The van der Waals surface area contributed by atoms with E-state index < -0.39 is 11.4 Å². The van der Waals surface area contributed by atoms with Crippen molar-refractivity contribution in [3.05, 3.63) is 46.3 Å². The summed E-state index contributed by atoms with van der Waals surface area (Å²) in [6.07, 6.45) is 15.1. The van der Waals surface area contributed by atoms with Gasteiger partial charge in [-0.1, -0.05) is 51.5 Å². The van der Waals surface area contributed by atoms with Crippen LogP contribution in [-0.4, -0.2) is 16.2 Å². The molecule has 3 heteroatoms. The van der Waals surface area contributed by atoms with E-state index in [2.05, 4.69) is 52.8 Å². The zero-order valence-corrected chi connectivity index (χ0v) is 20.3. The van der Waals surface area contributed by atoms with Crippen LogP contribution in [0.5, 0.6) is 0 Å². The van der Waals surface area contributed by atoms with Crippen LogP contribution in [0.15, 0.2) is 46.3 Å². The van der Waals surface area contributed by atoms with Crippen molar-refractivity contribution >= 4 is 5.97 Å². The first-order valence-electron chi connectivity index (χ1n) is 12.7. The van der Waals surface area contributed by atoms with Gasteiger partial charge in [-0.15, -0.1) is 0 Å². The molecule has 32 heavy (non-hydrogen) atoms. The SMILES string of the molecule is CC1=C(O)CC=C2C1=CC=C1[C@@]2(C)CC[C@@]2(C)[C@@H]3C[C@@]4(C(=O)O)CC4C[C@]3(C)CC[C@]12C. The smallest absolute Gasteiger partial charge is 0.309 e. The Kier molecular flexibility index (Phi) is 3.79. The normalized spacial score (nSPS) is 51.1. The first-order valence-corrected chi connectivity index (χ1v) is 12.7. The molecular formula is C29H38O3. The highest BCUT2D eigenvalue weighted by molar-refractivity contribution is 5.79. The molecule has 0 heterocycles. The maximum absolute atomic E-state index is 12.3. The molecule has 0 aliphatic heterocycles. The van der Waals surface area contributed by atoms with E-state index in [1.807, 2.05) is 0 Å². The van der Waals surface area contributed by atoms with E-state index in [4.69, 9.17) is 0 Å². The Morgan fingerprint density at radius 1 is 1.00 bits per heavy atom. The van der Waals surface area contributed by atoms with Crippen LogP contribution in [0, 0.1) is 38.9 Å². The van der Waals surface area contributed by atoms with Crippen LogP contribution in [0.4, 0.5) is 0 Å². The topological polar surface area (TPSA) is 57.5 Å². The van der Waals surface area contributed by atoms with Gasteiger partial charge in [0.15, 0.2) is 0 Å². The van der Waals surface area contributed by atoms with Gasteiger partial charge < -0.3 is 10.2 Å². The van der Waals surface area contributed by atoms with Crippen molar-refractivity contribution in [1.82, 2.24) is 0 Å². The molecular weight excluding hydrogens is 396 g/mol. The summed E-state index contributed by atoms with van der Waals surface area (Å²) < 4.78 is 0. The molecule has 0 aromatic carbocycles. The van der Waals surface area contributed by atoms with Crippen LogP contribution in [0.3, 0.4) is 0 Å². The van der Waals surface area contributed by atoms with Gasteiger partial charge in [0.25, 0.3) is 0 Å². The minimum Gasteiger partial charge on any atom is -0.512 e. The molecule has 4 saturated carbocycles. The molecule has 0 aromatic rings. The van der Waals surface area contributed by atoms with Gasteiger partial charge in [-0.2, -0.15) is 0 Å². The molecule has 7 atom stereocenters. The van der Waals surface area contributed by atoms with Crippen molar-refractivity contribution in [1.29, 1.82) is 0 Å². The summed E-state index contributed by atoms with van der Waals surface area (Å²) in [5.41, 5.74) is 5.26. The van der Waals surface area contributed by atoms with Gasteiger partial charge in [-0.05, 0) is 96.7 Å². The van der Waals surface area contributed by atoms with E-state index in [1.54, 1.807) is 5.57 Å². The minimum absolute atomic E-state index is 0.00924. The number of aliphatic carboxylic acids is 1. The average molecular weight is 435 g/mol. The van der Waals surface area contributed by atoms with E-state index in [0.29, 0.717) is 24.0 Å². The number of aliphatic hydroxyl groups excluding tert-OH is 1. The fourth-order valence-corrected chi connectivity index (χ4v) is 9.56. The van der Waals surface area contributed by atoms with Crippen LogP contribution < -0.4 is 0 Å². The molecule has 0 bridgehead atoms. The van der Waals surface area contributed by atoms with Crippen LogP contribution in [0.2, 0.25) is 0 Å². The van der Waals surface area contributed by atoms with E-state index in [9.17, 15) is 15.0 Å². The summed E-state index contributed by atoms with van der Waals surface area (Å²) >= 11 is 0. The number of fused-ring (bicyclic) bond motifs is 8. The molecule has 0 amide bonds.